The third-order valence-corrected chi connectivity index (χ3v) is 3.49. The topological polar surface area (TPSA) is 116 Å². The number of nitriles is 1. The first-order chi connectivity index (χ1) is 12.9. The van der Waals surface area contributed by atoms with Crippen molar-refractivity contribution in [1.82, 2.24) is 0 Å². The molecule has 7 heteroatoms. The van der Waals surface area contributed by atoms with Gasteiger partial charge in [-0.05, 0) is 55.0 Å². The van der Waals surface area contributed by atoms with E-state index in [9.17, 15) is 19.6 Å². The van der Waals surface area contributed by atoms with Crippen LogP contribution in [0.4, 0.5) is 5.69 Å². The highest BCUT2D eigenvalue weighted by atomic mass is 16.5. The second-order valence-electron chi connectivity index (χ2n) is 5.35. The predicted molar refractivity (Wildman–Crippen MR) is 98.0 cm³/mol. The number of ether oxygens (including phenoxy) is 1. The van der Waals surface area contributed by atoms with E-state index in [0.29, 0.717) is 16.8 Å². The zero-order valence-corrected chi connectivity index (χ0v) is 14.4. The van der Waals surface area contributed by atoms with Crippen LogP contribution in [0, 0.1) is 11.3 Å². The summed E-state index contributed by atoms with van der Waals surface area (Å²) in [5.41, 5.74) is 1.24. The van der Waals surface area contributed by atoms with Crippen molar-refractivity contribution in [3.8, 4) is 6.07 Å². The van der Waals surface area contributed by atoms with Gasteiger partial charge in [0.25, 0.3) is 5.91 Å². The number of aromatic carboxylic acids is 1. The van der Waals surface area contributed by atoms with Gasteiger partial charge in [0.1, 0.15) is 11.6 Å². The Bertz CT molecular complexity index is 922. The number of nitrogens with one attached hydrogen (secondary N) is 1. The Balaban J connectivity index is 2.11. The van der Waals surface area contributed by atoms with E-state index >= 15 is 0 Å². The summed E-state index contributed by atoms with van der Waals surface area (Å²) in [5, 5.41) is 20.7. The molecule has 0 fully saturated rings. The van der Waals surface area contributed by atoms with E-state index in [2.05, 4.69) is 5.32 Å². The Morgan fingerprint density at radius 1 is 1.07 bits per heavy atom. The van der Waals surface area contributed by atoms with Crippen LogP contribution in [-0.4, -0.2) is 29.6 Å². The molecule has 0 saturated heterocycles. The number of anilines is 1. The first-order valence-corrected chi connectivity index (χ1v) is 7.98. The molecule has 0 aliphatic carbocycles. The number of carbonyl (C=O) groups is 3. The number of carbonyl (C=O) groups excluding carboxylic acids is 2. The molecule has 0 atom stereocenters. The van der Waals surface area contributed by atoms with Crippen molar-refractivity contribution in [2.45, 2.75) is 6.92 Å². The van der Waals surface area contributed by atoms with Crippen LogP contribution < -0.4 is 5.32 Å². The Hall–Kier alpha value is -3.92. The molecule has 0 saturated carbocycles. The van der Waals surface area contributed by atoms with Crippen LogP contribution in [0.3, 0.4) is 0 Å². The zero-order valence-electron chi connectivity index (χ0n) is 14.4. The molecule has 1 amide bonds. The second-order valence-corrected chi connectivity index (χ2v) is 5.35. The molecule has 27 heavy (non-hydrogen) atoms. The van der Waals surface area contributed by atoms with Gasteiger partial charge in [0.05, 0.1) is 17.7 Å². The van der Waals surface area contributed by atoms with Gasteiger partial charge >= 0.3 is 11.9 Å². The van der Waals surface area contributed by atoms with Gasteiger partial charge in [-0.3, -0.25) is 4.79 Å². The highest BCUT2D eigenvalue weighted by Crippen LogP contribution is 2.14. The normalized spacial score (nSPS) is 10.6. The van der Waals surface area contributed by atoms with Gasteiger partial charge in [0.2, 0.25) is 0 Å². The molecule has 0 bridgehead atoms. The minimum atomic E-state index is -1.06. The van der Waals surface area contributed by atoms with E-state index in [0.717, 1.165) is 0 Å². The van der Waals surface area contributed by atoms with Crippen LogP contribution in [0.5, 0.6) is 0 Å². The van der Waals surface area contributed by atoms with Gasteiger partial charge in [0, 0.05) is 5.69 Å². The predicted octanol–water partition coefficient (Wildman–Crippen LogP) is 3.11. The minimum Gasteiger partial charge on any atom is -0.478 e. The highest BCUT2D eigenvalue weighted by Gasteiger charge is 2.11. The molecule has 0 spiro atoms. The Morgan fingerprint density at radius 2 is 1.67 bits per heavy atom. The Morgan fingerprint density at radius 3 is 2.19 bits per heavy atom. The van der Waals surface area contributed by atoms with Gasteiger partial charge in [0.15, 0.2) is 0 Å². The molecule has 0 unspecified atom stereocenters. The molecule has 2 aromatic carbocycles. The Labute approximate surface area is 155 Å². The fraction of sp³-hybridized carbons (Fsp3) is 0.100. The maximum atomic E-state index is 12.3. The largest absolute Gasteiger partial charge is 0.478 e. The van der Waals surface area contributed by atoms with Gasteiger partial charge in [-0.2, -0.15) is 5.26 Å². The van der Waals surface area contributed by atoms with Crippen molar-refractivity contribution in [2.24, 2.45) is 0 Å². The van der Waals surface area contributed by atoms with Crippen molar-refractivity contribution in [1.29, 1.82) is 5.26 Å². The summed E-state index contributed by atoms with van der Waals surface area (Å²) in [7, 11) is 0. The van der Waals surface area contributed by atoms with E-state index in [4.69, 9.17) is 9.84 Å². The minimum absolute atomic E-state index is 0.108. The summed E-state index contributed by atoms with van der Waals surface area (Å²) in [6.45, 7) is 1.97. The SMILES string of the molecule is CCOC(=O)c1ccc(NC(=O)/C(C#N)=C/c2ccc(C(=O)O)cc2)cc1. The summed E-state index contributed by atoms with van der Waals surface area (Å²) >= 11 is 0. The molecule has 0 heterocycles. The number of hydrogen-bond donors (Lipinski definition) is 2. The maximum absolute atomic E-state index is 12.3. The summed E-state index contributed by atoms with van der Waals surface area (Å²) in [6, 6.07) is 13.7. The molecule has 0 radical (unpaired) electrons. The van der Waals surface area contributed by atoms with Crippen molar-refractivity contribution < 1.29 is 24.2 Å². The molecule has 2 rings (SSSR count). The monoisotopic (exact) mass is 364 g/mol. The lowest BCUT2D eigenvalue weighted by Gasteiger charge is -2.06. The van der Waals surface area contributed by atoms with E-state index in [1.807, 2.05) is 6.07 Å². The van der Waals surface area contributed by atoms with E-state index in [1.165, 1.54) is 54.6 Å². The fourth-order valence-electron chi connectivity index (χ4n) is 2.14. The molecule has 136 valence electrons. The van der Waals surface area contributed by atoms with Crippen molar-refractivity contribution >= 4 is 29.6 Å². The average Bonchev–Trinajstić information content (AvgIpc) is 2.67. The van der Waals surface area contributed by atoms with Crippen molar-refractivity contribution in [2.75, 3.05) is 11.9 Å². The zero-order chi connectivity index (χ0) is 19.8. The lowest BCUT2D eigenvalue weighted by atomic mass is 10.1. The number of amides is 1. The number of carboxylic acid groups (broad SMARTS) is 1. The number of benzene rings is 2. The summed E-state index contributed by atoms with van der Waals surface area (Å²) in [4.78, 5) is 34.7. The smallest absolute Gasteiger partial charge is 0.338 e. The number of nitrogens with zero attached hydrogens (tertiary/aromatic N) is 1. The second kappa shape index (κ2) is 8.97. The third kappa shape index (κ3) is 5.28. The highest BCUT2D eigenvalue weighted by molar-refractivity contribution is 6.09. The number of rotatable bonds is 6. The molecule has 2 N–H and O–H groups in total. The van der Waals surface area contributed by atoms with E-state index in [1.54, 1.807) is 6.92 Å². The third-order valence-electron chi connectivity index (χ3n) is 3.49. The Kier molecular flexibility index (Phi) is 6.44. The average molecular weight is 364 g/mol. The fourth-order valence-corrected chi connectivity index (χ4v) is 2.14. The van der Waals surface area contributed by atoms with Crippen LogP contribution in [0.15, 0.2) is 54.1 Å². The first kappa shape index (κ1) is 19.4. The number of esters is 1. The summed E-state index contributed by atoms with van der Waals surface area (Å²) < 4.78 is 4.88. The summed E-state index contributed by atoms with van der Waals surface area (Å²) in [5.74, 6) is -2.14. The lowest BCUT2D eigenvalue weighted by molar-refractivity contribution is -0.112. The summed E-state index contributed by atoms with van der Waals surface area (Å²) in [6.07, 6.45) is 1.36. The van der Waals surface area contributed by atoms with Gasteiger partial charge in [-0.1, -0.05) is 12.1 Å². The van der Waals surface area contributed by atoms with Crippen LogP contribution in [0.2, 0.25) is 0 Å². The first-order valence-electron chi connectivity index (χ1n) is 7.98. The molecule has 7 nitrogen and oxygen atoms in total. The van der Waals surface area contributed by atoms with Crippen molar-refractivity contribution in [3.05, 3.63) is 70.8 Å². The van der Waals surface area contributed by atoms with Gasteiger partial charge in [-0.15, -0.1) is 0 Å². The number of carboxylic acids is 1. The van der Waals surface area contributed by atoms with Crippen LogP contribution in [0.25, 0.3) is 6.08 Å². The van der Waals surface area contributed by atoms with Crippen molar-refractivity contribution in [3.63, 3.8) is 0 Å². The van der Waals surface area contributed by atoms with Gasteiger partial charge in [-0.25, -0.2) is 9.59 Å². The molecule has 0 aliphatic rings. The molecule has 0 aliphatic heterocycles. The quantitative estimate of drug-likeness (QED) is 0.462. The molecular weight excluding hydrogens is 348 g/mol. The molecular formula is C20H16N2O5. The molecule has 0 aromatic heterocycles. The maximum Gasteiger partial charge on any atom is 0.338 e. The van der Waals surface area contributed by atoms with Crippen LogP contribution in [0.1, 0.15) is 33.2 Å². The van der Waals surface area contributed by atoms with E-state index in [-0.39, 0.29) is 17.7 Å². The lowest BCUT2D eigenvalue weighted by Crippen LogP contribution is -2.13. The standard InChI is InChI=1S/C20H16N2O5/c1-2-27-20(26)15-7-9-17(10-8-15)22-18(23)16(12-21)11-13-3-5-14(6-4-13)19(24)25/h3-11H,2H2,1H3,(H,22,23)(H,24,25)/b16-11+. The van der Waals surface area contributed by atoms with Crippen LogP contribution >= 0.6 is 0 Å². The molecule has 2 aromatic rings. The number of hydrogen-bond acceptors (Lipinski definition) is 5. The van der Waals surface area contributed by atoms with Crippen LogP contribution in [-0.2, 0) is 9.53 Å². The van der Waals surface area contributed by atoms with E-state index < -0.39 is 17.8 Å². The van der Waals surface area contributed by atoms with Gasteiger partial charge < -0.3 is 15.2 Å².